The third-order valence-corrected chi connectivity index (χ3v) is 3.17. The van der Waals surface area contributed by atoms with Gasteiger partial charge in [-0.15, -0.1) is 0 Å². The van der Waals surface area contributed by atoms with Gasteiger partial charge in [-0.25, -0.2) is 9.37 Å². The first-order valence-corrected chi connectivity index (χ1v) is 6.53. The second kappa shape index (κ2) is 5.40. The minimum atomic E-state index is -0.793. The van der Waals surface area contributed by atoms with Gasteiger partial charge in [-0.3, -0.25) is 10.1 Å². The topological polar surface area (TPSA) is 65.3 Å². The zero-order valence-electron chi connectivity index (χ0n) is 11.6. The average Bonchev–Trinajstić information content (AvgIpc) is 2.49. The molecule has 0 spiro atoms. The highest BCUT2D eigenvalue weighted by molar-refractivity contribution is 5.84. The van der Waals surface area contributed by atoms with Gasteiger partial charge in [0.05, 0.1) is 11.0 Å². The molecule has 0 N–H and O–H groups in total. The predicted molar refractivity (Wildman–Crippen MR) is 79.6 cm³/mol. The minimum Gasteiger partial charge on any atom is -0.452 e. The van der Waals surface area contributed by atoms with Crippen molar-refractivity contribution in [1.29, 1.82) is 0 Å². The number of para-hydroxylation sites is 1. The summed E-state index contributed by atoms with van der Waals surface area (Å²) in [6.45, 7) is 1.85. The van der Waals surface area contributed by atoms with Gasteiger partial charge in [0.1, 0.15) is 5.52 Å². The lowest BCUT2D eigenvalue weighted by molar-refractivity contribution is -0.385. The molecule has 0 saturated carbocycles. The molecule has 1 aromatic heterocycles. The van der Waals surface area contributed by atoms with E-state index in [9.17, 15) is 14.5 Å². The van der Waals surface area contributed by atoms with Crippen LogP contribution in [0.5, 0.6) is 11.5 Å². The predicted octanol–water partition coefficient (Wildman–Crippen LogP) is 4.38. The molecule has 6 heteroatoms. The van der Waals surface area contributed by atoms with Gasteiger partial charge in [0.2, 0.25) is 0 Å². The second-order valence-electron chi connectivity index (χ2n) is 4.75. The van der Waals surface area contributed by atoms with Crippen LogP contribution in [0.25, 0.3) is 10.9 Å². The summed E-state index contributed by atoms with van der Waals surface area (Å²) in [6.07, 6.45) is 0. The largest absolute Gasteiger partial charge is 0.452 e. The van der Waals surface area contributed by atoms with Crippen LogP contribution in [0, 0.1) is 22.9 Å². The summed E-state index contributed by atoms with van der Waals surface area (Å²) in [7, 11) is 0. The number of rotatable bonds is 3. The molecule has 1 heterocycles. The fourth-order valence-electron chi connectivity index (χ4n) is 2.10. The normalized spacial score (nSPS) is 10.6. The number of non-ortho nitro benzene ring substituents is 1. The van der Waals surface area contributed by atoms with Gasteiger partial charge in [0, 0.05) is 17.1 Å². The van der Waals surface area contributed by atoms with Crippen LogP contribution in [0.15, 0.2) is 48.5 Å². The standard InChI is InChI=1S/C16H11FN2O3/c1-10-5-6-11-3-2-4-15(16(11)18-10)22-14-8-7-12(19(20)21)9-13(14)17/h2-9H,1H3. The van der Waals surface area contributed by atoms with Gasteiger partial charge in [0.15, 0.2) is 17.3 Å². The van der Waals surface area contributed by atoms with Crippen molar-refractivity contribution in [3.05, 3.63) is 70.2 Å². The molecular weight excluding hydrogens is 287 g/mol. The molecule has 0 saturated heterocycles. The highest BCUT2D eigenvalue weighted by Gasteiger charge is 2.13. The van der Waals surface area contributed by atoms with Gasteiger partial charge in [0.25, 0.3) is 5.69 Å². The maximum absolute atomic E-state index is 13.9. The second-order valence-corrected chi connectivity index (χ2v) is 4.75. The number of nitrogens with zero attached hydrogens (tertiary/aromatic N) is 2. The molecule has 2 aromatic carbocycles. The summed E-state index contributed by atoms with van der Waals surface area (Å²) in [5, 5.41) is 11.5. The first kappa shape index (κ1) is 13.9. The molecule has 0 fully saturated rings. The van der Waals surface area contributed by atoms with Crippen LogP contribution in [0.3, 0.4) is 0 Å². The Bertz CT molecular complexity index is 880. The van der Waals surface area contributed by atoms with Crippen molar-refractivity contribution in [3.8, 4) is 11.5 Å². The Morgan fingerprint density at radius 2 is 1.95 bits per heavy atom. The maximum Gasteiger partial charge on any atom is 0.272 e. The summed E-state index contributed by atoms with van der Waals surface area (Å²) < 4.78 is 19.5. The van der Waals surface area contributed by atoms with Gasteiger partial charge in [-0.05, 0) is 25.1 Å². The number of hydrogen-bond acceptors (Lipinski definition) is 4. The van der Waals surface area contributed by atoms with Gasteiger partial charge < -0.3 is 4.74 Å². The van der Waals surface area contributed by atoms with Crippen LogP contribution >= 0.6 is 0 Å². The van der Waals surface area contributed by atoms with Crippen molar-refractivity contribution < 1.29 is 14.1 Å². The number of pyridine rings is 1. The smallest absolute Gasteiger partial charge is 0.272 e. The molecule has 0 unspecified atom stereocenters. The van der Waals surface area contributed by atoms with Crippen LogP contribution in [0.1, 0.15) is 5.69 Å². The molecule has 110 valence electrons. The highest BCUT2D eigenvalue weighted by Crippen LogP contribution is 2.31. The Balaban J connectivity index is 2.03. The SMILES string of the molecule is Cc1ccc2cccc(Oc3ccc([N+](=O)[O-])cc3F)c2n1. The van der Waals surface area contributed by atoms with E-state index in [2.05, 4.69) is 4.98 Å². The molecule has 0 aliphatic heterocycles. The Morgan fingerprint density at radius 3 is 2.68 bits per heavy atom. The number of ether oxygens (including phenoxy) is 1. The van der Waals surface area contributed by atoms with Crippen LogP contribution in [-0.4, -0.2) is 9.91 Å². The summed E-state index contributed by atoms with van der Waals surface area (Å²) in [4.78, 5) is 14.4. The van der Waals surface area contributed by atoms with E-state index in [-0.39, 0.29) is 11.4 Å². The quantitative estimate of drug-likeness (QED) is 0.531. The van der Waals surface area contributed by atoms with Crippen molar-refractivity contribution in [2.45, 2.75) is 6.92 Å². The van der Waals surface area contributed by atoms with E-state index in [1.807, 2.05) is 25.1 Å². The number of aryl methyl sites for hydroxylation is 1. The molecule has 0 aliphatic rings. The lowest BCUT2D eigenvalue weighted by Gasteiger charge is -2.09. The number of nitro groups is 1. The Hall–Kier alpha value is -3.02. The molecule has 0 radical (unpaired) electrons. The summed E-state index contributed by atoms with van der Waals surface area (Å²) in [6, 6.07) is 12.4. The maximum atomic E-state index is 13.9. The zero-order chi connectivity index (χ0) is 15.7. The van der Waals surface area contributed by atoms with E-state index in [0.717, 1.165) is 17.1 Å². The molecule has 0 amide bonds. The Labute approximate surface area is 125 Å². The average molecular weight is 298 g/mol. The van der Waals surface area contributed by atoms with Crippen molar-refractivity contribution in [3.63, 3.8) is 0 Å². The molecule has 3 aromatic rings. The first-order chi connectivity index (χ1) is 10.5. The van der Waals surface area contributed by atoms with E-state index in [1.54, 1.807) is 12.1 Å². The lowest BCUT2D eigenvalue weighted by Crippen LogP contribution is -1.94. The number of hydrogen-bond donors (Lipinski definition) is 0. The molecular formula is C16H11FN2O3. The van der Waals surface area contributed by atoms with E-state index in [0.29, 0.717) is 11.3 Å². The summed E-state index contributed by atoms with van der Waals surface area (Å²) in [5.41, 5.74) is 1.10. The third kappa shape index (κ3) is 2.58. The fraction of sp³-hybridized carbons (Fsp3) is 0.0625. The first-order valence-electron chi connectivity index (χ1n) is 6.53. The molecule has 0 atom stereocenters. The number of fused-ring (bicyclic) bond motifs is 1. The van der Waals surface area contributed by atoms with Crippen LogP contribution in [0.2, 0.25) is 0 Å². The number of halogens is 1. The van der Waals surface area contributed by atoms with Crippen molar-refractivity contribution in [2.75, 3.05) is 0 Å². The highest BCUT2D eigenvalue weighted by atomic mass is 19.1. The monoisotopic (exact) mass is 298 g/mol. The van der Waals surface area contributed by atoms with E-state index in [1.165, 1.54) is 12.1 Å². The molecule has 5 nitrogen and oxygen atoms in total. The van der Waals surface area contributed by atoms with Crippen LogP contribution < -0.4 is 4.74 Å². The minimum absolute atomic E-state index is 0.0820. The lowest BCUT2D eigenvalue weighted by atomic mass is 10.2. The van der Waals surface area contributed by atoms with Gasteiger partial charge >= 0.3 is 0 Å². The van der Waals surface area contributed by atoms with Crippen LogP contribution in [-0.2, 0) is 0 Å². The third-order valence-electron chi connectivity index (χ3n) is 3.17. The van der Waals surface area contributed by atoms with Gasteiger partial charge in [-0.1, -0.05) is 18.2 Å². The van der Waals surface area contributed by atoms with Crippen molar-refractivity contribution >= 4 is 16.6 Å². The van der Waals surface area contributed by atoms with E-state index in [4.69, 9.17) is 4.74 Å². The summed E-state index contributed by atoms with van der Waals surface area (Å²) >= 11 is 0. The Kier molecular flexibility index (Phi) is 3.42. The van der Waals surface area contributed by atoms with Gasteiger partial charge in [-0.2, -0.15) is 0 Å². The molecule has 0 aliphatic carbocycles. The summed E-state index contributed by atoms with van der Waals surface area (Å²) in [5.74, 6) is -0.478. The number of nitro benzene ring substituents is 1. The fourth-order valence-corrected chi connectivity index (χ4v) is 2.10. The van der Waals surface area contributed by atoms with Crippen molar-refractivity contribution in [1.82, 2.24) is 4.98 Å². The van der Waals surface area contributed by atoms with Crippen molar-refractivity contribution in [2.24, 2.45) is 0 Å². The Morgan fingerprint density at radius 1 is 1.14 bits per heavy atom. The zero-order valence-corrected chi connectivity index (χ0v) is 11.6. The number of aromatic nitrogens is 1. The van der Waals surface area contributed by atoms with E-state index < -0.39 is 10.7 Å². The molecule has 0 bridgehead atoms. The molecule has 22 heavy (non-hydrogen) atoms. The molecule has 3 rings (SSSR count). The van der Waals surface area contributed by atoms with E-state index >= 15 is 0 Å². The number of benzene rings is 2. The van der Waals surface area contributed by atoms with Crippen LogP contribution in [0.4, 0.5) is 10.1 Å².